The van der Waals surface area contributed by atoms with E-state index in [1.807, 2.05) is 30.6 Å². The minimum atomic E-state index is -3.55. The lowest BCUT2D eigenvalue weighted by atomic mass is 9.92. The Kier molecular flexibility index (Phi) is 8.54. The van der Waals surface area contributed by atoms with Crippen molar-refractivity contribution in [3.8, 4) is 22.4 Å². The number of hydrogen-bond donors (Lipinski definition) is 2. The number of aromatic amines is 1. The number of benzene rings is 2. The van der Waals surface area contributed by atoms with Crippen LogP contribution in [0.1, 0.15) is 17.5 Å². The molecule has 2 aromatic carbocycles. The Morgan fingerprint density at radius 3 is 2.48 bits per heavy atom. The van der Waals surface area contributed by atoms with Crippen molar-refractivity contribution in [2.75, 3.05) is 33.4 Å². The first-order valence-corrected chi connectivity index (χ1v) is 14.5. The SMILES string of the molecule is COCCNS(=O)(=O)c1ccc(C=CN2CC=C(c3c[nH]c(-c4ccc(F)cc4)c3-c3ccncc3)CC2)cc1. The number of aromatic nitrogens is 2. The number of nitrogens with one attached hydrogen (secondary N) is 2. The van der Waals surface area contributed by atoms with Crippen LogP contribution >= 0.6 is 0 Å². The molecule has 0 saturated heterocycles. The number of H-pyrrole nitrogens is 1. The third kappa shape index (κ3) is 6.39. The Bertz CT molecular complexity index is 1600. The van der Waals surface area contributed by atoms with Crippen LogP contribution in [0.4, 0.5) is 4.39 Å². The average Bonchev–Trinajstić information content (AvgIpc) is 3.43. The molecule has 206 valence electrons. The Hall–Kier alpha value is -4.05. The molecule has 9 heteroatoms. The van der Waals surface area contributed by atoms with Gasteiger partial charge >= 0.3 is 0 Å². The average molecular weight is 559 g/mol. The molecule has 40 heavy (non-hydrogen) atoms. The highest BCUT2D eigenvalue weighted by Gasteiger charge is 2.20. The molecule has 5 rings (SSSR count). The zero-order chi connectivity index (χ0) is 28.0. The molecule has 0 saturated carbocycles. The summed E-state index contributed by atoms with van der Waals surface area (Å²) in [4.78, 5) is 10.0. The maximum atomic E-state index is 13.6. The number of rotatable bonds is 10. The van der Waals surface area contributed by atoms with Crippen LogP contribution < -0.4 is 4.72 Å². The van der Waals surface area contributed by atoms with Gasteiger partial charge in [0.2, 0.25) is 10.0 Å². The monoisotopic (exact) mass is 558 g/mol. The largest absolute Gasteiger partial charge is 0.383 e. The molecule has 3 heterocycles. The van der Waals surface area contributed by atoms with Crippen LogP contribution in [0.2, 0.25) is 0 Å². The van der Waals surface area contributed by atoms with Crippen LogP contribution in [-0.4, -0.2) is 56.6 Å². The first-order chi connectivity index (χ1) is 19.4. The van der Waals surface area contributed by atoms with Crippen LogP contribution in [0.3, 0.4) is 0 Å². The Labute approximate surface area is 234 Å². The van der Waals surface area contributed by atoms with Gasteiger partial charge < -0.3 is 14.6 Å². The fourth-order valence-electron chi connectivity index (χ4n) is 4.72. The molecule has 2 aromatic heterocycles. The quantitative estimate of drug-likeness (QED) is 0.249. The van der Waals surface area contributed by atoms with Gasteiger partial charge in [0.25, 0.3) is 0 Å². The van der Waals surface area contributed by atoms with E-state index in [9.17, 15) is 12.8 Å². The lowest BCUT2D eigenvalue weighted by molar-refractivity contribution is 0.204. The molecule has 7 nitrogen and oxygen atoms in total. The normalized spacial score (nSPS) is 14.1. The van der Waals surface area contributed by atoms with Gasteiger partial charge in [0.05, 0.1) is 17.2 Å². The van der Waals surface area contributed by atoms with Gasteiger partial charge in [-0.1, -0.05) is 18.2 Å². The number of sulfonamides is 1. The second kappa shape index (κ2) is 12.4. The van der Waals surface area contributed by atoms with E-state index in [-0.39, 0.29) is 17.3 Å². The Morgan fingerprint density at radius 1 is 1.05 bits per heavy atom. The first-order valence-electron chi connectivity index (χ1n) is 13.0. The standard InChI is InChI=1S/C31H31FN4O3S/c1-39-21-17-35-40(37,38)28-8-2-23(3-9-28)12-18-36-19-13-24(14-20-36)29-22-34-31(26-4-6-27(32)7-5-26)30(29)25-10-15-33-16-11-25/h2-13,15-16,18,22,34-35H,14,17,19-21H2,1H3. The number of pyridine rings is 1. The van der Waals surface area contributed by atoms with Crippen LogP contribution in [0.5, 0.6) is 0 Å². The molecule has 1 aliphatic rings. The van der Waals surface area contributed by atoms with Crippen molar-refractivity contribution in [1.29, 1.82) is 0 Å². The summed E-state index contributed by atoms with van der Waals surface area (Å²) >= 11 is 0. The van der Waals surface area contributed by atoms with Crippen molar-refractivity contribution in [2.45, 2.75) is 11.3 Å². The molecule has 2 N–H and O–H groups in total. The summed E-state index contributed by atoms with van der Waals surface area (Å²) in [5.74, 6) is -0.264. The first kappa shape index (κ1) is 27.5. The zero-order valence-corrected chi connectivity index (χ0v) is 23.0. The van der Waals surface area contributed by atoms with E-state index in [0.29, 0.717) is 6.61 Å². The predicted molar refractivity (Wildman–Crippen MR) is 156 cm³/mol. The molecule has 0 bridgehead atoms. The third-order valence-electron chi connectivity index (χ3n) is 6.84. The predicted octanol–water partition coefficient (Wildman–Crippen LogP) is 5.57. The van der Waals surface area contributed by atoms with Crippen molar-refractivity contribution in [3.05, 3.63) is 108 Å². The number of methoxy groups -OCH3 is 1. The smallest absolute Gasteiger partial charge is 0.240 e. The van der Waals surface area contributed by atoms with Crippen molar-refractivity contribution >= 4 is 21.7 Å². The zero-order valence-electron chi connectivity index (χ0n) is 22.2. The minimum absolute atomic E-state index is 0.225. The van der Waals surface area contributed by atoms with E-state index in [1.54, 1.807) is 48.8 Å². The summed E-state index contributed by atoms with van der Waals surface area (Å²) in [5.41, 5.74) is 7.29. The Morgan fingerprint density at radius 2 is 1.80 bits per heavy atom. The molecular weight excluding hydrogens is 527 g/mol. The number of nitrogens with zero attached hydrogens (tertiary/aromatic N) is 2. The highest BCUT2D eigenvalue weighted by atomic mass is 32.2. The van der Waals surface area contributed by atoms with E-state index >= 15 is 0 Å². The van der Waals surface area contributed by atoms with E-state index in [2.05, 4.69) is 25.7 Å². The van der Waals surface area contributed by atoms with Crippen molar-refractivity contribution in [1.82, 2.24) is 19.6 Å². The van der Waals surface area contributed by atoms with Gasteiger partial charge in [-0.15, -0.1) is 0 Å². The summed E-state index contributed by atoms with van der Waals surface area (Å²) in [6.07, 6.45) is 12.7. The summed E-state index contributed by atoms with van der Waals surface area (Å²) < 4.78 is 45.7. The summed E-state index contributed by atoms with van der Waals surface area (Å²) in [7, 11) is -2.03. The molecule has 1 aliphatic heterocycles. The van der Waals surface area contributed by atoms with Gasteiger partial charge in [-0.3, -0.25) is 4.98 Å². The van der Waals surface area contributed by atoms with E-state index < -0.39 is 10.0 Å². The van der Waals surface area contributed by atoms with Gasteiger partial charge in [0, 0.05) is 56.5 Å². The van der Waals surface area contributed by atoms with Crippen molar-refractivity contribution in [2.24, 2.45) is 0 Å². The number of hydrogen-bond acceptors (Lipinski definition) is 5. The molecule has 0 fully saturated rings. The van der Waals surface area contributed by atoms with E-state index in [0.717, 1.165) is 53.0 Å². The van der Waals surface area contributed by atoms with Gasteiger partial charge in [-0.2, -0.15) is 0 Å². The number of ether oxygens (including phenoxy) is 1. The van der Waals surface area contributed by atoms with Crippen molar-refractivity contribution < 1.29 is 17.5 Å². The highest BCUT2D eigenvalue weighted by Crippen LogP contribution is 2.39. The molecule has 0 amide bonds. The van der Waals surface area contributed by atoms with Gasteiger partial charge in [0.15, 0.2) is 0 Å². The van der Waals surface area contributed by atoms with E-state index in [1.165, 1.54) is 24.8 Å². The van der Waals surface area contributed by atoms with Crippen LogP contribution in [-0.2, 0) is 14.8 Å². The van der Waals surface area contributed by atoms with Gasteiger partial charge in [-0.25, -0.2) is 17.5 Å². The second-order valence-electron chi connectivity index (χ2n) is 9.44. The van der Waals surface area contributed by atoms with Crippen LogP contribution in [0, 0.1) is 5.82 Å². The highest BCUT2D eigenvalue weighted by molar-refractivity contribution is 7.89. The third-order valence-corrected chi connectivity index (χ3v) is 8.31. The molecule has 4 aromatic rings. The lowest BCUT2D eigenvalue weighted by Gasteiger charge is -2.25. The second-order valence-corrected chi connectivity index (χ2v) is 11.2. The molecule has 0 aliphatic carbocycles. The maximum absolute atomic E-state index is 13.6. The Balaban J connectivity index is 1.31. The van der Waals surface area contributed by atoms with Gasteiger partial charge in [0.1, 0.15) is 5.82 Å². The summed E-state index contributed by atoms with van der Waals surface area (Å²) in [6.45, 7) is 2.13. The van der Waals surface area contributed by atoms with Gasteiger partial charge in [-0.05, 0) is 89.5 Å². The molecule has 0 spiro atoms. The van der Waals surface area contributed by atoms with Crippen LogP contribution in [0.25, 0.3) is 34.0 Å². The van der Waals surface area contributed by atoms with Crippen molar-refractivity contribution in [3.63, 3.8) is 0 Å². The molecular formula is C31H31FN4O3S. The fourth-order valence-corrected chi connectivity index (χ4v) is 5.73. The topological polar surface area (TPSA) is 87.3 Å². The van der Waals surface area contributed by atoms with Crippen LogP contribution in [0.15, 0.2) is 96.4 Å². The fraction of sp³-hybridized carbons (Fsp3) is 0.194. The van der Waals surface area contributed by atoms with E-state index in [4.69, 9.17) is 4.74 Å². The summed E-state index contributed by atoms with van der Waals surface area (Å²) in [6, 6.07) is 17.3. The maximum Gasteiger partial charge on any atom is 0.240 e. The number of halogens is 1. The lowest BCUT2D eigenvalue weighted by Crippen LogP contribution is -2.27. The molecule has 0 unspecified atom stereocenters. The minimum Gasteiger partial charge on any atom is -0.383 e. The molecule has 0 radical (unpaired) electrons. The summed E-state index contributed by atoms with van der Waals surface area (Å²) in [5, 5.41) is 0. The molecule has 0 atom stereocenters.